The van der Waals surface area contributed by atoms with E-state index in [0.29, 0.717) is 15.6 Å². The summed E-state index contributed by atoms with van der Waals surface area (Å²) in [6.45, 7) is 2.12. The van der Waals surface area contributed by atoms with Crippen molar-refractivity contribution < 1.29 is 4.74 Å². The maximum Gasteiger partial charge on any atom is 0.200 e. The summed E-state index contributed by atoms with van der Waals surface area (Å²) in [4.78, 5) is 0. The number of nitrogens with one attached hydrogen (secondary N) is 2. The van der Waals surface area contributed by atoms with Gasteiger partial charge in [0.05, 0.1) is 5.57 Å². The van der Waals surface area contributed by atoms with Crippen LogP contribution in [0.3, 0.4) is 0 Å². The number of fused-ring (bicyclic) bond motifs is 1. The average molecular weight is 353 g/mol. The van der Waals surface area contributed by atoms with Crippen molar-refractivity contribution in [2.75, 3.05) is 0 Å². The summed E-state index contributed by atoms with van der Waals surface area (Å²) in [7, 11) is 0. The maximum atomic E-state index is 9.62. The molecule has 1 aromatic carbocycles. The second kappa shape index (κ2) is 6.58. The summed E-state index contributed by atoms with van der Waals surface area (Å²) in [6, 6.07) is 7.68. The predicted molar refractivity (Wildman–Crippen MR) is 89.4 cm³/mol. The Hall–Kier alpha value is -1.45. The minimum atomic E-state index is -0.319. The number of nitriles is 1. The lowest BCUT2D eigenvalue weighted by Crippen LogP contribution is -2.41. The van der Waals surface area contributed by atoms with E-state index in [2.05, 4.69) is 23.8 Å². The topological polar surface area (TPSA) is 83.1 Å². The molecule has 4 unspecified atom stereocenters. The van der Waals surface area contributed by atoms with Crippen molar-refractivity contribution in [1.29, 1.82) is 5.26 Å². The van der Waals surface area contributed by atoms with Gasteiger partial charge in [-0.25, -0.2) is 5.43 Å². The van der Waals surface area contributed by atoms with E-state index >= 15 is 0 Å². The highest BCUT2D eigenvalue weighted by molar-refractivity contribution is 6.36. The summed E-state index contributed by atoms with van der Waals surface area (Å²) in [5, 5.41) is 10.7. The van der Waals surface area contributed by atoms with Gasteiger partial charge in [0.1, 0.15) is 6.07 Å². The molecule has 0 amide bonds. The van der Waals surface area contributed by atoms with E-state index in [1.165, 1.54) is 0 Å². The molecule has 3 rings (SSSR count). The van der Waals surface area contributed by atoms with E-state index in [1.54, 1.807) is 18.2 Å². The van der Waals surface area contributed by atoms with Gasteiger partial charge in [0.25, 0.3) is 0 Å². The summed E-state index contributed by atoms with van der Waals surface area (Å²) >= 11 is 12.8. The van der Waals surface area contributed by atoms with Gasteiger partial charge >= 0.3 is 0 Å². The van der Waals surface area contributed by atoms with E-state index in [9.17, 15) is 5.26 Å². The zero-order valence-electron chi connectivity index (χ0n) is 12.6. The average Bonchev–Trinajstić information content (AvgIpc) is 2.90. The van der Waals surface area contributed by atoms with Crippen LogP contribution in [-0.4, -0.2) is 12.3 Å². The molecule has 2 heterocycles. The number of hydrogen-bond acceptors (Lipinski definition) is 5. The van der Waals surface area contributed by atoms with Gasteiger partial charge in [0.2, 0.25) is 5.88 Å². The molecule has 1 saturated heterocycles. The standard InChI is InChI=1S/C16H18Cl2N4O/c1-2-4-11-14-12(13-9(17)5-3-6-10(13)18)8(7-19)15(20)23-16(14)22-21-11/h3,5-6,11-12,14,16,21-22H,2,4,20H2,1H3. The molecule has 0 saturated carbocycles. The lowest BCUT2D eigenvalue weighted by atomic mass is 9.74. The SMILES string of the molecule is CCCC1NNC2OC(N)=C(C#N)C(c3c(Cl)cccc3Cl)C12. The minimum absolute atomic E-state index is 0.0192. The van der Waals surface area contributed by atoms with Crippen molar-refractivity contribution in [2.45, 2.75) is 38.0 Å². The van der Waals surface area contributed by atoms with Crippen LogP contribution in [0.15, 0.2) is 29.7 Å². The highest BCUT2D eigenvalue weighted by Crippen LogP contribution is 2.47. The largest absolute Gasteiger partial charge is 0.458 e. The Morgan fingerprint density at radius 3 is 2.61 bits per heavy atom. The van der Waals surface area contributed by atoms with E-state index in [1.807, 2.05) is 0 Å². The number of ether oxygens (including phenoxy) is 1. The summed E-state index contributed by atoms with van der Waals surface area (Å²) < 4.78 is 5.70. The number of nitrogens with two attached hydrogens (primary N) is 1. The van der Waals surface area contributed by atoms with Crippen LogP contribution in [0.5, 0.6) is 0 Å². The van der Waals surface area contributed by atoms with Gasteiger partial charge in [-0.1, -0.05) is 42.6 Å². The van der Waals surface area contributed by atoms with Crippen LogP contribution in [0, 0.1) is 17.2 Å². The van der Waals surface area contributed by atoms with Crippen LogP contribution in [0.1, 0.15) is 31.2 Å². The van der Waals surface area contributed by atoms with Gasteiger partial charge in [0.15, 0.2) is 6.23 Å². The second-order valence-electron chi connectivity index (χ2n) is 5.80. The molecule has 1 fully saturated rings. The Balaban J connectivity index is 2.15. The van der Waals surface area contributed by atoms with Crippen LogP contribution >= 0.6 is 23.2 Å². The maximum absolute atomic E-state index is 9.62. The normalized spacial score (nSPS) is 29.8. The van der Waals surface area contributed by atoms with Crippen molar-refractivity contribution in [1.82, 2.24) is 10.9 Å². The summed E-state index contributed by atoms with van der Waals surface area (Å²) in [6.07, 6.45) is 1.63. The number of hydrazine groups is 1. The zero-order valence-corrected chi connectivity index (χ0v) is 14.2. The van der Waals surface area contributed by atoms with E-state index < -0.39 is 0 Å². The third kappa shape index (κ3) is 2.77. The molecule has 0 radical (unpaired) electrons. The van der Waals surface area contributed by atoms with Crippen molar-refractivity contribution in [2.24, 2.45) is 11.7 Å². The molecule has 4 N–H and O–H groups in total. The van der Waals surface area contributed by atoms with Crippen molar-refractivity contribution in [3.8, 4) is 6.07 Å². The molecule has 4 atom stereocenters. The monoisotopic (exact) mass is 352 g/mol. The van der Waals surface area contributed by atoms with Crippen LogP contribution in [-0.2, 0) is 4.74 Å². The molecule has 0 bridgehead atoms. The third-order valence-electron chi connectivity index (χ3n) is 4.47. The highest BCUT2D eigenvalue weighted by atomic mass is 35.5. The Morgan fingerprint density at radius 2 is 2.00 bits per heavy atom. The molecule has 2 aliphatic heterocycles. The molecule has 122 valence electrons. The Kier molecular flexibility index (Phi) is 4.69. The Bertz CT molecular complexity index is 665. The highest BCUT2D eigenvalue weighted by Gasteiger charge is 2.49. The number of halogens is 2. The molecular weight excluding hydrogens is 335 g/mol. The van der Waals surface area contributed by atoms with Crippen LogP contribution in [0.4, 0.5) is 0 Å². The van der Waals surface area contributed by atoms with E-state index in [4.69, 9.17) is 33.7 Å². The van der Waals surface area contributed by atoms with Gasteiger partial charge in [-0.05, 0) is 24.1 Å². The lowest BCUT2D eigenvalue weighted by Gasteiger charge is -2.36. The molecule has 1 aromatic rings. The first kappa shape index (κ1) is 16.4. The fourth-order valence-electron chi connectivity index (χ4n) is 3.50. The second-order valence-corrected chi connectivity index (χ2v) is 6.62. The predicted octanol–water partition coefficient (Wildman–Crippen LogP) is 3.02. The van der Waals surface area contributed by atoms with Gasteiger partial charge in [-0.3, -0.25) is 5.43 Å². The van der Waals surface area contributed by atoms with Gasteiger partial charge in [0, 0.05) is 27.9 Å². The van der Waals surface area contributed by atoms with E-state index in [-0.39, 0.29) is 30.0 Å². The van der Waals surface area contributed by atoms with Crippen molar-refractivity contribution >= 4 is 23.2 Å². The molecule has 23 heavy (non-hydrogen) atoms. The molecule has 7 heteroatoms. The first-order valence-electron chi connectivity index (χ1n) is 7.59. The third-order valence-corrected chi connectivity index (χ3v) is 5.13. The van der Waals surface area contributed by atoms with Crippen LogP contribution in [0.25, 0.3) is 0 Å². The first-order valence-corrected chi connectivity index (χ1v) is 8.35. The molecular formula is C16H18Cl2N4O. The first-order chi connectivity index (χ1) is 11.1. The Labute approximate surface area is 145 Å². The van der Waals surface area contributed by atoms with Gasteiger partial charge in [-0.2, -0.15) is 5.26 Å². The van der Waals surface area contributed by atoms with Gasteiger partial charge < -0.3 is 10.5 Å². The van der Waals surface area contributed by atoms with E-state index in [0.717, 1.165) is 18.4 Å². The number of hydrogen-bond donors (Lipinski definition) is 3. The molecule has 0 aliphatic carbocycles. The number of rotatable bonds is 3. The molecule has 0 spiro atoms. The zero-order chi connectivity index (χ0) is 16.6. The summed E-state index contributed by atoms with van der Waals surface area (Å²) in [5.41, 5.74) is 13.5. The molecule has 0 aromatic heterocycles. The quantitative estimate of drug-likeness (QED) is 0.778. The fraction of sp³-hybridized carbons (Fsp3) is 0.438. The molecule has 2 aliphatic rings. The fourth-order valence-corrected chi connectivity index (χ4v) is 4.13. The number of nitrogens with zero attached hydrogens (tertiary/aromatic N) is 1. The van der Waals surface area contributed by atoms with Crippen LogP contribution < -0.4 is 16.6 Å². The smallest absolute Gasteiger partial charge is 0.200 e. The number of allylic oxidation sites excluding steroid dienone is 1. The minimum Gasteiger partial charge on any atom is -0.458 e. The Morgan fingerprint density at radius 1 is 1.30 bits per heavy atom. The number of benzene rings is 1. The van der Waals surface area contributed by atoms with Crippen molar-refractivity contribution in [3.05, 3.63) is 45.3 Å². The molecule has 5 nitrogen and oxygen atoms in total. The van der Waals surface area contributed by atoms with Crippen LogP contribution in [0.2, 0.25) is 10.0 Å². The van der Waals surface area contributed by atoms with Gasteiger partial charge in [-0.15, -0.1) is 0 Å². The lowest BCUT2D eigenvalue weighted by molar-refractivity contribution is 0.0337. The summed E-state index contributed by atoms with van der Waals surface area (Å²) in [5.74, 6) is -0.200. The van der Waals surface area contributed by atoms with Crippen molar-refractivity contribution in [3.63, 3.8) is 0 Å².